The molecule has 0 radical (unpaired) electrons. The molecule has 14 heavy (non-hydrogen) atoms. The van der Waals surface area contributed by atoms with Gasteiger partial charge >= 0.3 is 0 Å². The summed E-state index contributed by atoms with van der Waals surface area (Å²) in [5, 5.41) is 0. The monoisotopic (exact) mass is 193 g/mol. The van der Waals surface area contributed by atoms with Crippen LogP contribution in [0.25, 0.3) is 0 Å². The van der Waals surface area contributed by atoms with Crippen molar-refractivity contribution in [3.63, 3.8) is 0 Å². The lowest BCUT2D eigenvalue weighted by molar-refractivity contribution is 0.172. The van der Waals surface area contributed by atoms with Gasteiger partial charge in [0.15, 0.2) is 0 Å². The first-order chi connectivity index (χ1) is 6.54. The van der Waals surface area contributed by atoms with E-state index in [-0.39, 0.29) is 0 Å². The summed E-state index contributed by atoms with van der Waals surface area (Å²) in [5.74, 6) is 3.01. The second kappa shape index (κ2) is 3.37. The highest BCUT2D eigenvalue weighted by Crippen LogP contribution is 2.49. The summed E-state index contributed by atoms with van der Waals surface area (Å²) in [6.45, 7) is 9.29. The molecule has 4 atom stereocenters. The van der Waals surface area contributed by atoms with Gasteiger partial charge in [-0.05, 0) is 50.4 Å². The van der Waals surface area contributed by atoms with E-state index >= 15 is 0 Å². The van der Waals surface area contributed by atoms with Crippen LogP contribution >= 0.6 is 0 Å². The van der Waals surface area contributed by atoms with Gasteiger partial charge in [0, 0.05) is 6.04 Å². The van der Waals surface area contributed by atoms with E-state index in [1.165, 1.54) is 12.8 Å². The fourth-order valence-electron chi connectivity index (χ4n) is 3.70. The smallest absolute Gasteiger partial charge is 0.0173 e. The van der Waals surface area contributed by atoms with Crippen molar-refractivity contribution in [2.24, 2.45) is 29.4 Å². The van der Waals surface area contributed by atoms with Gasteiger partial charge in [0.25, 0.3) is 0 Å². The molecule has 0 aromatic carbocycles. The Hall–Kier alpha value is -0.300. The van der Waals surface area contributed by atoms with Gasteiger partial charge in [-0.2, -0.15) is 0 Å². The predicted octanol–water partition coefficient (Wildman–Crippen LogP) is 2.96. The lowest BCUT2D eigenvalue weighted by Gasteiger charge is -2.38. The maximum absolute atomic E-state index is 6.35. The zero-order chi connectivity index (χ0) is 10.5. The summed E-state index contributed by atoms with van der Waals surface area (Å²) < 4.78 is 0. The molecule has 0 heterocycles. The van der Waals surface area contributed by atoms with E-state index < -0.39 is 0 Å². The molecule has 1 nitrogen and oxygen atoms in total. The minimum atomic E-state index is 0.427. The Bertz CT molecular complexity index is 264. The molecule has 0 aromatic heterocycles. The van der Waals surface area contributed by atoms with Gasteiger partial charge in [0.2, 0.25) is 0 Å². The minimum Gasteiger partial charge on any atom is -0.327 e. The molecular weight excluding hydrogens is 170 g/mol. The average molecular weight is 193 g/mol. The molecule has 0 saturated heterocycles. The summed E-state index contributed by atoms with van der Waals surface area (Å²) >= 11 is 0. The standard InChI is InChI=1S/C13H23N/c1-7(2)10-5-6-11-8(3)9(4)12(10)13(11)14/h7,10-13H,5-6,14H2,1-4H3/t10-,11?,12?,13?/m0/s1. The van der Waals surface area contributed by atoms with E-state index in [1.54, 1.807) is 11.1 Å². The second-order valence-corrected chi connectivity index (χ2v) is 5.56. The molecule has 1 saturated carbocycles. The highest BCUT2D eigenvalue weighted by atomic mass is 14.7. The molecule has 2 bridgehead atoms. The minimum absolute atomic E-state index is 0.427. The zero-order valence-corrected chi connectivity index (χ0v) is 9.88. The van der Waals surface area contributed by atoms with E-state index in [0.29, 0.717) is 17.9 Å². The summed E-state index contributed by atoms with van der Waals surface area (Å²) in [6, 6.07) is 0.427. The molecule has 0 aliphatic heterocycles. The van der Waals surface area contributed by atoms with Crippen molar-refractivity contribution in [1.82, 2.24) is 0 Å². The SMILES string of the molecule is CC1=C(C)C2C(N)C1CC[C@H]2C(C)C. The van der Waals surface area contributed by atoms with Gasteiger partial charge < -0.3 is 5.73 Å². The third-order valence-electron chi connectivity index (χ3n) is 4.69. The largest absolute Gasteiger partial charge is 0.327 e. The maximum atomic E-state index is 6.35. The first-order valence-electron chi connectivity index (χ1n) is 5.97. The first kappa shape index (κ1) is 10.2. The van der Waals surface area contributed by atoms with Gasteiger partial charge in [-0.1, -0.05) is 25.0 Å². The molecule has 2 aliphatic rings. The van der Waals surface area contributed by atoms with Crippen LogP contribution < -0.4 is 5.73 Å². The van der Waals surface area contributed by atoms with Crippen LogP contribution in [0, 0.1) is 23.7 Å². The van der Waals surface area contributed by atoms with Crippen LogP contribution in [-0.2, 0) is 0 Å². The third kappa shape index (κ3) is 1.25. The van der Waals surface area contributed by atoms with Crippen molar-refractivity contribution in [2.75, 3.05) is 0 Å². The van der Waals surface area contributed by atoms with Crippen molar-refractivity contribution in [1.29, 1.82) is 0 Å². The number of rotatable bonds is 1. The lowest BCUT2D eigenvalue weighted by Crippen LogP contribution is -2.42. The number of hydrogen-bond donors (Lipinski definition) is 1. The third-order valence-corrected chi connectivity index (χ3v) is 4.69. The topological polar surface area (TPSA) is 26.0 Å². The van der Waals surface area contributed by atoms with Crippen LogP contribution in [0.3, 0.4) is 0 Å². The van der Waals surface area contributed by atoms with Gasteiger partial charge in [0.1, 0.15) is 0 Å². The van der Waals surface area contributed by atoms with Crippen LogP contribution in [0.5, 0.6) is 0 Å². The number of fused-ring (bicyclic) bond motifs is 2. The first-order valence-corrected chi connectivity index (χ1v) is 5.97. The second-order valence-electron chi connectivity index (χ2n) is 5.56. The number of hydrogen-bond acceptors (Lipinski definition) is 1. The zero-order valence-electron chi connectivity index (χ0n) is 9.88. The normalized spacial score (nSPS) is 42.4. The summed E-state index contributed by atoms with van der Waals surface area (Å²) in [7, 11) is 0. The van der Waals surface area contributed by atoms with Crippen LogP contribution in [0.2, 0.25) is 0 Å². The lowest BCUT2D eigenvalue weighted by atomic mass is 9.69. The average Bonchev–Trinajstić information content (AvgIpc) is 2.30. The highest BCUT2D eigenvalue weighted by molar-refractivity contribution is 5.29. The van der Waals surface area contributed by atoms with E-state index in [4.69, 9.17) is 5.73 Å². The predicted molar refractivity (Wildman–Crippen MR) is 60.9 cm³/mol. The molecule has 2 aliphatic carbocycles. The van der Waals surface area contributed by atoms with Gasteiger partial charge in [0.05, 0.1) is 0 Å². The van der Waals surface area contributed by atoms with Crippen molar-refractivity contribution in [3.05, 3.63) is 11.1 Å². The Morgan fingerprint density at radius 1 is 1.14 bits per heavy atom. The quantitative estimate of drug-likeness (QED) is 0.637. The molecule has 0 amide bonds. The van der Waals surface area contributed by atoms with Crippen LogP contribution in [0.15, 0.2) is 11.1 Å². The van der Waals surface area contributed by atoms with Gasteiger partial charge in [-0.15, -0.1) is 0 Å². The van der Waals surface area contributed by atoms with E-state index in [9.17, 15) is 0 Å². The summed E-state index contributed by atoms with van der Waals surface area (Å²) in [5.41, 5.74) is 9.56. The van der Waals surface area contributed by atoms with Crippen molar-refractivity contribution in [2.45, 2.75) is 46.6 Å². The van der Waals surface area contributed by atoms with Crippen molar-refractivity contribution in [3.8, 4) is 0 Å². The fourth-order valence-corrected chi connectivity index (χ4v) is 3.70. The van der Waals surface area contributed by atoms with Gasteiger partial charge in [-0.3, -0.25) is 0 Å². The Morgan fingerprint density at radius 3 is 2.36 bits per heavy atom. The van der Waals surface area contributed by atoms with E-state index in [0.717, 1.165) is 11.8 Å². The molecule has 1 heteroatoms. The summed E-state index contributed by atoms with van der Waals surface area (Å²) in [4.78, 5) is 0. The molecule has 0 aromatic rings. The van der Waals surface area contributed by atoms with Crippen molar-refractivity contribution < 1.29 is 0 Å². The molecular formula is C13H23N. The highest BCUT2D eigenvalue weighted by Gasteiger charge is 2.45. The van der Waals surface area contributed by atoms with E-state index in [2.05, 4.69) is 27.7 Å². The van der Waals surface area contributed by atoms with Crippen LogP contribution in [-0.4, -0.2) is 6.04 Å². The molecule has 1 fully saturated rings. The van der Waals surface area contributed by atoms with Gasteiger partial charge in [-0.25, -0.2) is 0 Å². The molecule has 2 rings (SSSR count). The Balaban J connectivity index is 2.31. The maximum Gasteiger partial charge on any atom is 0.0173 e. The van der Waals surface area contributed by atoms with Crippen LogP contribution in [0.1, 0.15) is 40.5 Å². The Kier molecular flexibility index (Phi) is 2.46. The fraction of sp³-hybridized carbons (Fsp3) is 0.846. The number of nitrogens with two attached hydrogens (primary N) is 1. The molecule has 2 N–H and O–H groups in total. The summed E-state index contributed by atoms with van der Waals surface area (Å²) in [6.07, 6.45) is 2.71. The van der Waals surface area contributed by atoms with E-state index in [1.807, 2.05) is 0 Å². The van der Waals surface area contributed by atoms with Crippen LogP contribution in [0.4, 0.5) is 0 Å². The molecule has 3 unspecified atom stereocenters. The Morgan fingerprint density at radius 2 is 1.79 bits per heavy atom. The molecule has 0 spiro atoms. The van der Waals surface area contributed by atoms with Crippen molar-refractivity contribution >= 4 is 0 Å². The molecule has 80 valence electrons. The Labute approximate surface area is 87.8 Å².